The van der Waals surface area contributed by atoms with Crippen molar-refractivity contribution in [3.8, 4) is 0 Å². The molecule has 1 rings (SSSR count). The number of hydrogen-bond donors (Lipinski definition) is 1. The first-order valence-electron chi connectivity index (χ1n) is 5.04. The average Bonchev–Trinajstić information content (AvgIpc) is 2.20. The van der Waals surface area contributed by atoms with Gasteiger partial charge in [0.15, 0.2) is 0 Å². The Labute approximate surface area is 90.3 Å². The zero-order valence-electron chi connectivity index (χ0n) is 8.65. The van der Waals surface area contributed by atoms with Crippen LogP contribution in [0.3, 0.4) is 0 Å². The second kappa shape index (κ2) is 6.85. The van der Waals surface area contributed by atoms with Gasteiger partial charge >= 0.3 is 0 Å². The lowest BCUT2D eigenvalue weighted by atomic mass is 10.3. The van der Waals surface area contributed by atoms with E-state index < -0.39 is 0 Å². The number of pyridine rings is 1. The highest BCUT2D eigenvalue weighted by atomic mass is 32.2. The van der Waals surface area contributed by atoms with Gasteiger partial charge in [-0.2, -0.15) is 11.8 Å². The van der Waals surface area contributed by atoms with Crippen molar-refractivity contribution in [1.29, 1.82) is 0 Å². The van der Waals surface area contributed by atoms with Crippen LogP contribution in [0.4, 0.5) is 0 Å². The summed E-state index contributed by atoms with van der Waals surface area (Å²) < 4.78 is 0. The Morgan fingerprint density at radius 2 is 2.36 bits per heavy atom. The lowest BCUT2D eigenvalue weighted by molar-refractivity contribution is 0.822. The molecule has 0 aromatic carbocycles. The molecule has 0 aliphatic rings. The van der Waals surface area contributed by atoms with Crippen LogP contribution in [0.15, 0.2) is 24.4 Å². The topological polar surface area (TPSA) is 38.9 Å². The summed E-state index contributed by atoms with van der Waals surface area (Å²) in [7, 11) is 0. The third-order valence-electron chi connectivity index (χ3n) is 2.06. The smallest absolute Gasteiger partial charge is 0.0411 e. The molecule has 0 radical (unpaired) electrons. The van der Waals surface area contributed by atoms with Crippen molar-refractivity contribution >= 4 is 11.8 Å². The lowest BCUT2D eigenvalue weighted by Gasteiger charge is -2.08. The molecule has 0 saturated heterocycles. The van der Waals surface area contributed by atoms with Crippen molar-refractivity contribution in [1.82, 2.24) is 4.98 Å². The Bertz CT molecular complexity index is 238. The maximum Gasteiger partial charge on any atom is 0.0411 e. The average molecular weight is 210 g/mol. The number of hydrogen-bond acceptors (Lipinski definition) is 3. The standard InChI is InChI=1S/C11H18N2S/c1-10(5-7-12)14-9-6-11-4-2-3-8-13-11/h2-4,8,10H,5-7,9,12H2,1H3. The van der Waals surface area contributed by atoms with E-state index in [2.05, 4.69) is 18.0 Å². The van der Waals surface area contributed by atoms with Crippen LogP contribution in [0.2, 0.25) is 0 Å². The van der Waals surface area contributed by atoms with E-state index in [4.69, 9.17) is 5.73 Å². The summed E-state index contributed by atoms with van der Waals surface area (Å²) in [5.41, 5.74) is 6.67. The quantitative estimate of drug-likeness (QED) is 0.781. The summed E-state index contributed by atoms with van der Waals surface area (Å²) in [4.78, 5) is 4.28. The van der Waals surface area contributed by atoms with Gasteiger partial charge in [-0.3, -0.25) is 4.98 Å². The Kier molecular flexibility index (Phi) is 5.64. The van der Waals surface area contributed by atoms with Crippen LogP contribution in [0.1, 0.15) is 19.0 Å². The first-order chi connectivity index (χ1) is 6.83. The number of aromatic nitrogens is 1. The van der Waals surface area contributed by atoms with E-state index >= 15 is 0 Å². The molecular formula is C11H18N2S. The zero-order valence-corrected chi connectivity index (χ0v) is 9.46. The summed E-state index contributed by atoms with van der Waals surface area (Å²) in [5.74, 6) is 1.14. The van der Waals surface area contributed by atoms with Crippen LogP contribution in [0, 0.1) is 0 Å². The molecule has 1 unspecified atom stereocenters. The summed E-state index contributed by atoms with van der Waals surface area (Å²) in [5, 5.41) is 0.670. The molecule has 14 heavy (non-hydrogen) atoms. The largest absolute Gasteiger partial charge is 0.330 e. The number of rotatable bonds is 6. The monoisotopic (exact) mass is 210 g/mol. The van der Waals surface area contributed by atoms with Crippen molar-refractivity contribution in [2.24, 2.45) is 5.73 Å². The third-order valence-corrected chi connectivity index (χ3v) is 3.30. The molecule has 0 spiro atoms. The van der Waals surface area contributed by atoms with Gasteiger partial charge < -0.3 is 5.73 Å². The maximum atomic E-state index is 5.49. The van der Waals surface area contributed by atoms with Gasteiger partial charge in [-0.1, -0.05) is 13.0 Å². The minimum Gasteiger partial charge on any atom is -0.330 e. The SMILES string of the molecule is CC(CCN)SCCc1ccccn1. The summed E-state index contributed by atoms with van der Waals surface area (Å²) in [6.45, 7) is 3.02. The van der Waals surface area contributed by atoms with Crippen LogP contribution in [-0.4, -0.2) is 22.5 Å². The molecule has 1 atom stereocenters. The Balaban J connectivity index is 2.16. The zero-order chi connectivity index (χ0) is 10.2. The second-order valence-corrected chi connectivity index (χ2v) is 4.88. The summed E-state index contributed by atoms with van der Waals surface area (Å²) in [6, 6.07) is 6.07. The number of nitrogens with zero attached hydrogens (tertiary/aromatic N) is 1. The Morgan fingerprint density at radius 1 is 1.50 bits per heavy atom. The first kappa shape index (κ1) is 11.5. The molecule has 78 valence electrons. The highest BCUT2D eigenvalue weighted by molar-refractivity contribution is 7.99. The van der Waals surface area contributed by atoms with Gasteiger partial charge in [0.2, 0.25) is 0 Å². The molecule has 2 N–H and O–H groups in total. The third kappa shape index (κ3) is 4.63. The van der Waals surface area contributed by atoms with Crippen molar-refractivity contribution in [3.05, 3.63) is 30.1 Å². The molecule has 0 aliphatic carbocycles. The molecule has 0 saturated carbocycles. The maximum absolute atomic E-state index is 5.49. The number of thioether (sulfide) groups is 1. The predicted molar refractivity (Wildman–Crippen MR) is 63.5 cm³/mol. The van der Waals surface area contributed by atoms with E-state index in [-0.39, 0.29) is 0 Å². The van der Waals surface area contributed by atoms with Crippen LogP contribution < -0.4 is 5.73 Å². The summed E-state index contributed by atoms with van der Waals surface area (Å²) in [6.07, 6.45) is 4.01. The van der Waals surface area contributed by atoms with Gasteiger partial charge in [-0.25, -0.2) is 0 Å². The Morgan fingerprint density at radius 3 is 3.00 bits per heavy atom. The molecule has 1 aromatic heterocycles. The molecule has 1 heterocycles. The predicted octanol–water partition coefficient (Wildman–Crippen LogP) is 2.09. The van der Waals surface area contributed by atoms with Gasteiger partial charge in [0, 0.05) is 17.1 Å². The van der Waals surface area contributed by atoms with Crippen LogP contribution in [0.5, 0.6) is 0 Å². The van der Waals surface area contributed by atoms with Gasteiger partial charge in [0.05, 0.1) is 0 Å². The van der Waals surface area contributed by atoms with Crippen molar-refractivity contribution in [2.75, 3.05) is 12.3 Å². The van der Waals surface area contributed by atoms with Gasteiger partial charge in [-0.15, -0.1) is 0 Å². The van der Waals surface area contributed by atoms with Gasteiger partial charge in [-0.05, 0) is 37.3 Å². The fraction of sp³-hybridized carbons (Fsp3) is 0.545. The minimum atomic E-state index is 0.670. The molecule has 0 bridgehead atoms. The van der Waals surface area contributed by atoms with Crippen molar-refractivity contribution in [2.45, 2.75) is 25.0 Å². The van der Waals surface area contributed by atoms with Crippen LogP contribution in [-0.2, 0) is 6.42 Å². The molecule has 3 heteroatoms. The van der Waals surface area contributed by atoms with E-state index in [0.29, 0.717) is 5.25 Å². The van der Waals surface area contributed by atoms with Crippen LogP contribution >= 0.6 is 11.8 Å². The Hall–Kier alpha value is -0.540. The van der Waals surface area contributed by atoms with Gasteiger partial charge in [0.1, 0.15) is 0 Å². The number of aryl methyl sites for hydroxylation is 1. The van der Waals surface area contributed by atoms with E-state index in [0.717, 1.165) is 25.1 Å². The molecule has 0 fully saturated rings. The molecule has 0 amide bonds. The van der Waals surface area contributed by atoms with E-state index in [1.54, 1.807) is 0 Å². The normalized spacial score (nSPS) is 12.7. The molecule has 0 aliphatic heterocycles. The fourth-order valence-electron chi connectivity index (χ4n) is 1.23. The van der Waals surface area contributed by atoms with E-state index in [1.807, 2.05) is 30.1 Å². The van der Waals surface area contributed by atoms with Crippen molar-refractivity contribution < 1.29 is 0 Å². The van der Waals surface area contributed by atoms with E-state index in [1.165, 1.54) is 5.69 Å². The highest BCUT2D eigenvalue weighted by Crippen LogP contribution is 2.14. The molecule has 1 aromatic rings. The van der Waals surface area contributed by atoms with Crippen molar-refractivity contribution in [3.63, 3.8) is 0 Å². The lowest BCUT2D eigenvalue weighted by Crippen LogP contribution is -2.08. The summed E-state index contributed by atoms with van der Waals surface area (Å²) >= 11 is 1.98. The van der Waals surface area contributed by atoms with Gasteiger partial charge in [0.25, 0.3) is 0 Å². The first-order valence-corrected chi connectivity index (χ1v) is 6.09. The molecule has 2 nitrogen and oxygen atoms in total. The highest BCUT2D eigenvalue weighted by Gasteiger charge is 2.01. The van der Waals surface area contributed by atoms with Crippen LogP contribution in [0.25, 0.3) is 0 Å². The number of nitrogens with two attached hydrogens (primary N) is 1. The molecular weight excluding hydrogens is 192 g/mol. The van der Waals surface area contributed by atoms with E-state index in [9.17, 15) is 0 Å². The minimum absolute atomic E-state index is 0.670. The fourth-order valence-corrected chi connectivity index (χ4v) is 2.26. The second-order valence-electron chi connectivity index (χ2n) is 3.33.